The maximum Gasteiger partial charge on any atom is 0.0244 e. The van der Waals surface area contributed by atoms with Crippen molar-refractivity contribution in [3.63, 3.8) is 0 Å². The first kappa shape index (κ1) is 13.6. The summed E-state index contributed by atoms with van der Waals surface area (Å²) in [5.74, 6) is 0. The third-order valence-corrected chi connectivity index (χ3v) is 5.47. The van der Waals surface area contributed by atoms with Crippen LogP contribution in [0.5, 0.6) is 0 Å². The van der Waals surface area contributed by atoms with E-state index in [0.717, 1.165) is 0 Å². The molecule has 2 heteroatoms. The smallest absolute Gasteiger partial charge is 0.0244 e. The molecule has 0 heterocycles. The van der Waals surface area contributed by atoms with Gasteiger partial charge in [0.1, 0.15) is 0 Å². The molecule has 0 saturated heterocycles. The minimum Gasteiger partial charge on any atom is -0.0617 e. The van der Waals surface area contributed by atoms with Crippen molar-refractivity contribution in [2.45, 2.75) is 37.5 Å². The van der Waals surface area contributed by atoms with Crippen LogP contribution in [0.1, 0.15) is 22.3 Å². The Bertz CT molecular complexity index is 519. The quantitative estimate of drug-likeness (QED) is 0.656. The maximum absolute atomic E-state index is 2.25. The molecule has 0 spiro atoms. The highest BCUT2D eigenvalue weighted by molar-refractivity contribution is 8.76. The molecule has 0 saturated carbocycles. The molecule has 0 fully saturated rings. The van der Waals surface area contributed by atoms with Gasteiger partial charge in [-0.2, -0.15) is 0 Å². The van der Waals surface area contributed by atoms with E-state index in [-0.39, 0.29) is 0 Å². The summed E-state index contributed by atoms with van der Waals surface area (Å²) in [7, 11) is 3.71. The van der Waals surface area contributed by atoms with Crippen LogP contribution in [0.3, 0.4) is 0 Å². The Morgan fingerprint density at radius 3 is 1.83 bits per heavy atom. The van der Waals surface area contributed by atoms with Crippen molar-refractivity contribution >= 4 is 21.6 Å². The van der Waals surface area contributed by atoms with Crippen LogP contribution in [0, 0.1) is 27.7 Å². The van der Waals surface area contributed by atoms with E-state index < -0.39 is 0 Å². The lowest BCUT2D eigenvalue weighted by Crippen LogP contribution is -1.83. The first-order chi connectivity index (χ1) is 8.56. The number of benzene rings is 2. The molecule has 0 amide bonds. The summed E-state index contributed by atoms with van der Waals surface area (Å²) in [4.78, 5) is 2.72. The average molecular weight is 274 g/mol. The van der Waals surface area contributed by atoms with E-state index in [9.17, 15) is 0 Å². The highest BCUT2D eigenvalue weighted by Crippen LogP contribution is 2.40. The van der Waals surface area contributed by atoms with Gasteiger partial charge in [-0.15, -0.1) is 0 Å². The Hall–Kier alpha value is -0.860. The molecule has 0 aliphatic carbocycles. The van der Waals surface area contributed by atoms with E-state index in [1.807, 2.05) is 21.6 Å². The second kappa shape index (κ2) is 5.85. The average Bonchev–Trinajstić information content (AvgIpc) is 2.27. The molecule has 94 valence electrons. The van der Waals surface area contributed by atoms with Crippen molar-refractivity contribution in [1.29, 1.82) is 0 Å². The molecular weight excluding hydrogens is 256 g/mol. The number of rotatable bonds is 3. The molecule has 0 radical (unpaired) electrons. The topological polar surface area (TPSA) is 0 Å². The lowest BCUT2D eigenvalue weighted by molar-refractivity contribution is 1.22. The second-order valence-corrected chi connectivity index (χ2v) is 6.92. The fraction of sp³-hybridized carbons (Fsp3) is 0.250. The lowest BCUT2D eigenvalue weighted by atomic mass is 10.2. The largest absolute Gasteiger partial charge is 0.0617 e. The van der Waals surface area contributed by atoms with Crippen LogP contribution in [0.15, 0.2) is 46.2 Å². The molecule has 18 heavy (non-hydrogen) atoms. The van der Waals surface area contributed by atoms with Crippen LogP contribution in [0.2, 0.25) is 0 Å². The lowest BCUT2D eigenvalue weighted by Gasteiger charge is -2.09. The van der Waals surface area contributed by atoms with E-state index >= 15 is 0 Å². The van der Waals surface area contributed by atoms with E-state index in [1.165, 1.54) is 32.0 Å². The molecule has 0 atom stereocenters. The van der Waals surface area contributed by atoms with Gasteiger partial charge in [0, 0.05) is 9.79 Å². The van der Waals surface area contributed by atoms with E-state index in [1.54, 1.807) is 0 Å². The summed E-state index contributed by atoms with van der Waals surface area (Å²) < 4.78 is 0. The van der Waals surface area contributed by atoms with Gasteiger partial charge in [0.05, 0.1) is 0 Å². The van der Waals surface area contributed by atoms with Crippen LogP contribution < -0.4 is 0 Å². The molecule has 0 N–H and O–H groups in total. The van der Waals surface area contributed by atoms with Crippen molar-refractivity contribution in [2.24, 2.45) is 0 Å². The van der Waals surface area contributed by atoms with Crippen LogP contribution in [-0.4, -0.2) is 0 Å². The van der Waals surface area contributed by atoms with E-state index in [0.29, 0.717) is 0 Å². The molecule has 0 aromatic heterocycles. The Labute approximate surface area is 118 Å². The molecule has 0 unspecified atom stereocenters. The molecule has 2 aromatic carbocycles. The molecule has 2 aromatic rings. The molecular formula is C16H18S2. The van der Waals surface area contributed by atoms with Gasteiger partial charge in [0.2, 0.25) is 0 Å². The number of hydrogen-bond donors (Lipinski definition) is 0. The number of aryl methyl sites for hydroxylation is 4. The highest BCUT2D eigenvalue weighted by atomic mass is 33.1. The predicted octanol–water partition coefficient (Wildman–Crippen LogP) is 5.72. The standard InChI is InChI=1S/C16H18S2/c1-11-8-12(2)10-15(9-11)17-18-16-13(3)6-5-7-14(16)4/h5-10H,1-4H3. The van der Waals surface area contributed by atoms with Crippen LogP contribution in [-0.2, 0) is 0 Å². The third kappa shape index (κ3) is 3.33. The van der Waals surface area contributed by atoms with Crippen molar-refractivity contribution in [2.75, 3.05) is 0 Å². The van der Waals surface area contributed by atoms with Gasteiger partial charge in [-0.3, -0.25) is 0 Å². The normalized spacial score (nSPS) is 10.7. The molecule has 2 rings (SSSR count). The summed E-state index contributed by atoms with van der Waals surface area (Å²) in [5, 5.41) is 0. The monoisotopic (exact) mass is 274 g/mol. The Kier molecular flexibility index (Phi) is 4.41. The van der Waals surface area contributed by atoms with E-state index in [4.69, 9.17) is 0 Å². The van der Waals surface area contributed by atoms with Gasteiger partial charge in [-0.25, -0.2) is 0 Å². The van der Waals surface area contributed by atoms with Crippen molar-refractivity contribution in [3.8, 4) is 0 Å². The zero-order valence-corrected chi connectivity index (χ0v) is 12.9. The summed E-state index contributed by atoms with van der Waals surface area (Å²) in [6, 6.07) is 13.2. The Balaban J connectivity index is 2.16. The highest BCUT2D eigenvalue weighted by Gasteiger charge is 2.05. The fourth-order valence-electron chi connectivity index (χ4n) is 2.00. The van der Waals surface area contributed by atoms with Crippen molar-refractivity contribution in [1.82, 2.24) is 0 Å². The minimum absolute atomic E-state index is 1.33. The summed E-state index contributed by atoms with van der Waals surface area (Å²) in [6.45, 7) is 8.66. The van der Waals surface area contributed by atoms with Gasteiger partial charge in [0.25, 0.3) is 0 Å². The molecule has 0 aliphatic rings. The van der Waals surface area contributed by atoms with Crippen LogP contribution in [0.25, 0.3) is 0 Å². The number of hydrogen-bond acceptors (Lipinski definition) is 2. The Morgan fingerprint density at radius 1 is 0.722 bits per heavy atom. The molecule has 0 aliphatic heterocycles. The zero-order chi connectivity index (χ0) is 13.1. The summed E-state index contributed by atoms with van der Waals surface area (Å²) in [6.07, 6.45) is 0. The predicted molar refractivity (Wildman–Crippen MR) is 83.5 cm³/mol. The summed E-state index contributed by atoms with van der Waals surface area (Å²) >= 11 is 0. The van der Waals surface area contributed by atoms with Gasteiger partial charge in [0.15, 0.2) is 0 Å². The molecule has 0 bridgehead atoms. The fourth-order valence-corrected chi connectivity index (χ4v) is 4.66. The zero-order valence-electron chi connectivity index (χ0n) is 11.3. The van der Waals surface area contributed by atoms with Gasteiger partial charge < -0.3 is 0 Å². The van der Waals surface area contributed by atoms with E-state index in [2.05, 4.69) is 64.1 Å². The third-order valence-electron chi connectivity index (χ3n) is 2.83. The van der Waals surface area contributed by atoms with Gasteiger partial charge in [-0.05, 0) is 62.1 Å². The molecule has 0 nitrogen and oxygen atoms in total. The SMILES string of the molecule is Cc1cc(C)cc(SSc2c(C)cccc2C)c1. The minimum atomic E-state index is 1.33. The van der Waals surface area contributed by atoms with Gasteiger partial charge >= 0.3 is 0 Å². The second-order valence-electron chi connectivity index (χ2n) is 4.71. The van der Waals surface area contributed by atoms with Crippen LogP contribution in [0.4, 0.5) is 0 Å². The maximum atomic E-state index is 2.25. The first-order valence-corrected chi connectivity index (χ1v) is 8.20. The van der Waals surface area contributed by atoms with Crippen molar-refractivity contribution < 1.29 is 0 Å². The summed E-state index contributed by atoms with van der Waals surface area (Å²) in [5.41, 5.74) is 5.38. The van der Waals surface area contributed by atoms with Crippen molar-refractivity contribution in [3.05, 3.63) is 58.7 Å². The van der Waals surface area contributed by atoms with Crippen LogP contribution >= 0.6 is 21.6 Å². The van der Waals surface area contributed by atoms with Gasteiger partial charge in [-0.1, -0.05) is 45.9 Å². The first-order valence-electron chi connectivity index (χ1n) is 6.05. The Morgan fingerprint density at radius 2 is 1.28 bits per heavy atom.